The predicted molar refractivity (Wildman–Crippen MR) is 135 cm³/mol. The molecule has 1 fully saturated rings. The highest BCUT2D eigenvalue weighted by molar-refractivity contribution is 6.31. The van der Waals surface area contributed by atoms with Gasteiger partial charge in [-0.3, -0.25) is 9.69 Å². The van der Waals surface area contributed by atoms with E-state index in [0.29, 0.717) is 22.9 Å². The van der Waals surface area contributed by atoms with Crippen LogP contribution in [0.2, 0.25) is 5.02 Å². The molecule has 9 heteroatoms. The third-order valence-electron chi connectivity index (χ3n) is 5.67. The normalized spacial score (nSPS) is 15.7. The number of benzene rings is 2. The first-order chi connectivity index (χ1) is 16.8. The molecule has 0 bridgehead atoms. The van der Waals surface area contributed by atoms with Gasteiger partial charge in [0, 0.05) is 53.8 Å². The molecule has 1 aliphatic rings. The molecule has 4 rings (SSSR count). The van der Waals surface area contributed by atoms with Crippen LogP contribution in [0.1, 0.15) is 35.0 Å². The number of amides is 1. The molecule has 2 heterocycles. The van der Waals surface area contributed by atoms with Crippen LogP contribution in [0.3, 0.4) is 0 Å². The van der Waals surface area contributed by atoms with E-state index >= 15 is 0 Å². The Hall–Kier alpha value is -3.62. The number of carboxylic acids is 2. The minimum Gasteiger partial charge on any atom is -0.478 e. The Morgan fingerprint density at radius 3 is 2.43 bits per heavy atom. The van der Waals surface area contributed by atoms with Gasteiger partial charge in [-0.2, -0.15) is 0 Å². The van der Waals surface area contributed by atoms with E-state index in [9.17, 15) is 14.4 Å². The van der Waals surface area contributed by atoms with Crippen molar-refractivity contribution in [1.29, 1.82) is 0 Å². The largest absolute Gasteiger partial charge is 0.478 e. The molecule has 184 valence electrons. The number of aromatic amines is 1. The second-order valence-electron chi connectivity index (χ2n) is 8.21. The van der Waals surface area contributed by atoms with E-state index in [1.807, 2.05) is 24.3 Å². The predicted octanol–water partition coefficient (Wildman–Crippen LogP) is 4.10. The zero-order chi connectivity index (χ0) is 25.4. The van der Waals surface area contributed by atoms with Crippen molar-refractivity contribution in [1.82, 2.24) is 15.2 Å². The lowest BCUT2D eigenvalue weighted by atomic mass is 10.1. The Balaban J connectivity index is 0.000000371. The number of nitrogens with one attached hydrogen (secondary N) is 2. The summed E-state index contributed by atoms with van der Waals surface area (Å²) in [5.41, 5.74) is 3.96. The van der Waals surface area contributed by atoms with E-state index in [1.54, 1.807) is 0 Å². The third kappa shape index (κ3) is 7.43. The maximum atomic E-state index is 12.9. The highest BCUT2D eigenvalue weighted by Crippen LogP contribution is 2.26. The average molecular weight is 498 g/mol. The number of hydrogen-bond donors (Lipinski definition) is 4. The van der Waals surface area contributed by atoms with E-state index in [0.717, 1.165) is 48.9 Å². The minimum absolute atomic E-state index is 0.0225. The van der Waals surface area contributed by atoms with Crippen LogP contribution in [-0.4, -0.2) is 57.1 Å². The molecule has 0 spiro atoms. The number of likely N-dealkylation sites (tertiary alicyclic amines) is 1. The van der Waals surface area contributed by atoms with Crippen LogP contribution < -0.4 is 5.32 Å². The summed E-state index contributed by atoms with van der Waals surface area (Å²) in [7, 11) is 0. The maximum absolute atomic E-state index is 12.9. The van der Waals surface area contributed by atoms with Gasteiger partial charge in [0.2, 0.25) is 0 Å². The maximum Gasteiger partial charge on any atom is 0.328 e. The summed E-state index contributed by atoms with van der Waals surface area (Å²) >= 11 is 6.14. The van der Waals surface area contributed by atoms with Crippen molar-refractivity contribution in [3.63, 3.8) is 0 Å². The Morgan fingerprint density at radius 1 is 1.11 bits per heavy atom. The van der Waals surface area contributed by atoms with Crippen molar-refractivity contribution in [2.45, 2.75) is 32.4 Å². The number of aliphatic carboxylic acids is 2. The molecule has 8 nitrogen and oxygen atoms in total. The van der Waals surface area contributed by atoms with Crippen LogP contribution in [0.25, 0.3) is 10.9 Å². The quantitative estimate of drug-likeness (QED) is 0.364. The van der Waals surface area contributed by atoms with Gasteiger partial charge >= 0.3 is 11.9 Å². The van der Waals surface area contributed by atoms with Gasteiger partial charge < -0.3 is 20.5 Å². The molecule has 1 aliphatic heterocycles. The molecule has 0 aliphatic carbocycles. The number of H-pyrrole nitrogens is 1. The number of halogens is 1. The molecule has 0 radical (unpaired) electrons. The number of nitrogens with zero attached hydrogens (tertiary/aromatic N) is 1. The number of carbonyl (C=O) groups is 3. The first-order valence-electron chi connectivity index (χ1n) is 11.3. The van der Waals surface area contributed by atoms with Crippen LogP contribution in [0.15, 0.2) is 60.7 Å². The van der Waals surface area contributed by atoms with Gasteiger partial charge in [0.15, 0.2) is 0 Å². The van der Waals surface area contributed by atoms with Gasteiger partial charge in [-0.1, -0.05) is 48.9 Å². The molecular weight excluding hydrogens is 470 g/mol. The molecule has 1 amide bonds. The zero-order valence-corrected chi connectivity index (χ0v) is 20.1. The SMILES string of the molecule is CCc1c(C(=O)N[C@@H]2CCN(Cc3ccccc3)C2)[nH]c2ccc(Cl)cc12.O=C(O)C=CC(=O)O. The van der Waals surface area contributed by atoms with Gasteiger partial charge in [0.05, 0.1) is 0 Å². The monoisotopic (exact) mass is 497 g/mol. The number of aryl methyl sites for hydroxylation is 1. The van der Waals surface area contributed by atoms with E-state index in [4.69, 9.17) is 21.8 Å². The van der Waals surface area contributed by atoms with Crippen LogP contribution in [-0.2, 0) is 22.6 Å². The highest BCUT2D eigenvalue weighted by Gasteiger charge is 2.26. The average Bonchev–Trinajstić information content (AvgIpc) is 3.42. The topological polar surface area (TPSA) is 123 Å². The lowest BCUT2D eigenvalue weighted by Crippen LogP contribution is -2.37. The molecule has 1 aromatic heterocycles. The van der Waals surface area contributed by atoms with E-state index in [2.05, 4.69) is 46.4 Å². The van der Waals surface area contributed by atoms with Crippen LogP contribution in [0.5, 0.6) is 0 Å². The number of carboxylic acid groups (broad SMARTS) is 2. The highest BCUT2D eigenvalue weighted by atomic mass is 35.5. The summed E-state index contributed by atoms with van der Waals surface area (Å²) in [6.45, 7) is 4.88. The Kier molecular flexibility index (Phi) is 9.05. The third-order valence-corrected chi connectivity index (χ3v) is 5.91. The first-order valence-corrected chi connectivity index (χ1v) is 11.7. The second kappa shape index (κ2) is 12.2. The van der Waals surface area contributed by atoms with Crippen molar-refractivity contribution in [2.24, 2.45) is 0 Å². The molecular formula is C26H28ClN3O5. The molecule has 1 saturated heterocycles. The van der Waals surface area contributed by atoms with E-state index in [-0.39, 0.29) is 11.9 Å². The van der Waals surface area contributed by atoms with Crippen LogP contribution in [0.4, 0.5) is 0 Å². The molecule has 35 heavy (non-hydrogen) atoms. The molecule has 1 atom stereocenters. The van der Waals surface area contributed by atoms with Gasteiger partial charge in [0.25, 0.3) is 5.91 Å². The summed E-state index contributed by atoms with van der Waals surface area (Å²) in [6.07, 6.45) is 2.88. The van der Waals surface area contributed by atoms with E-state index < -0.39 is 11.9 Å². The standard InChI is InChI=1S/C22H24ClN3O.C4H4O4/c1-2-18-19-12-16(23)8-9-20(19)25-21(18)22(27)24-17-10-11-26(14-17)13-15-6-4-3-5-7-15;5-3(6)1-2-4(7)8/h3-9,12,17,25H,2,10-11,13-14H2,1H3,(H,24,27);1-2H,(H,5,6)(H,7,8)/t17-;/m1./s1. The number of rotatable bonds is 7. The summed E-state index contributed by atoms with van der Waals surface area (Å²) in [5, 5.41) is 20.6. The van der Waals surface area contributed by atoms with Gasteiger partial charge in [-0.05, 0) is 42.2 Å². The van der Waals surface area contributed by atoms with Crippen LogP contribution >= 0.6 is 11.6 Å². The fraction of sp³-hybridized carbons (Fsp3) is 0.269. The summed E-state index contributed by atoms with van der Waals surface area (Å²) in [6, 6.07) is 16.4. The number of carbonyl (C=O) groups excluding carboxylic acids is 1. The summed E-state index contributed by atoms with van der Waals surface area (Å²) < 4.78 is 0. The lowest BCUT2D eigenvalue weighted by molar-refractivity contribution is -0.134. The summed E-state index contributed by atoms with van der Waals surface area (Å²) in [4.78, 5) is 37.7. The van der Waals surface area contributed by atoms with Crippen molar-refractivity contribution >= 4 is 40.3 Å². The molecule has 0 saturated carbocycles. The van der Waals surface area contributed by atoms with Crippen molar-refractivity contribution < 1.29 is 24.6 Å². The van der Waals surface area contributed by atoms with Crippen molar-refractivity contribution in [2.75, 3.05) is 13.1 Å². The fourth-order valence-electron chi connectivity index (χ4n) is 4.12. The summed E-state index contributed by atoms with van der Waals surface area (Å²) in [5.74, 6) is -2.54. The molecule has 0 unspecified atom stereocenters. The Bertz CT molecular complexity index is 1210. The zero-order valence-electron chi connectivity index (χ0n) is 19.3. The number of fused-ring (bicyclic) bond motifs is 1. The minimum atomic E-state index is -1.26. The van der Waals surface area contributed by atoms with Crippen LogP contribution in [0, 0.1) is 0 Å². The molecule has 2 aromatic carbocycles. The first kappa shape index (κ1) is 26.0. The smallest absolute Gasteiger partial charge is 0.328 e. The second-order valence-corrected chi connectivity index (χ2v) is 8.65. The molecule has 3 aromatic rings. The lowest BCUT2D eigenvalue weighted by Gasteiger charge is -2.17. The molecule has 4 N–H and O–H groups in total. The Labute approximate surface area is 208 Å². The Morgan fingerprint density at radius 2 is 1.80 bits per heavy atom. The fourth-order valence-corrected chi connectivity index (χ4v) is 4.29. The number of hydrogen-bond acceptors (Lipinski definition) is 4. The van der Waals surface area contributed by atoms with Gasteiger partial charge in [-0.25, -0.2) is 9.59 Å². The van der Waals surface area contributed by atoms with Gasteiger partial charge in [0.1, 0.15) is 5.69 Å². The van der Waals surface area contributed by atoms with E-state index in [1.165, 1.54) is 5.56 Å². The van der Waals surface area contributed by atoms with Crippen molar-refractivity contribution in [3.05, 3.63) is 82.5 Å². The van der Waals surface area contributed by atoms with Gasteiger partial charge in [-0.15, -0.1) is 0 Å². The van der Waals surface area contributed by atoms with Crippen molar-refractivity contribution in [3.8, 4) is 0 Å². The number of aromatic nitrogens is 1.